The van der Waals surface area contributed by atoms with E-state index < -0.39 is 0 Å². The third kappa shape index (κ3) is 4.59. The molecule has 2 aliphatic rings. The highest BCUT2D eigenvalue weighted by Gasteiger charge is 2.21. The topological polar surface area (TPSA) is 63.7 Å². The fourth-order valence-corrected chi connectivity index (χ4v) is 3.22. The molecule has 2 fully saturated rings. The molecule has 24 heavy (non-hydrogen) atoms. The average molecular weight is 354 g/mol. The van der Waals surface area contributed by atoms with Crippen LogP contribution in [0.15, 0.2) is 12.3 Å². The van der Waals surface area contributed by atoms with Crippen LogP contribution in [0.25, 0.3) is 0 Å². The second kappa shape index (κ2) is 8.14. The van der Waals surface area contributed by atoms with Crippen molar-refractivity contribution in [1.29, 1.82) is 0 Å². The van der Waals surface area contributed by atoms with Gasteiger partial charge in [-0.1, -0.05) is 11.6 Å². The zero-order valence-electron chi connectivity index (χ0n) is 14.0. The summed E-state index contributed by atoms with van der Waals surface area (Å²) in [4.78, 5) is 18.9. The van der Waals surface area contributed by atoms with Crippen molar-refractivity contribution >= 4 is 17.5 Å². The van der Waals surface area contributed by atoms with Gasteiger partial charge in [0.05, 0.1) is 18.8 Å². The molecular weight excluding hydrogens is 330 g/mol. The van der Waals surface area contributed by atoms with Crippen LogP contribution < -0.4 is 10.1 Å². The van der Waals surface area contributed by atoms with Crippen molar-refractivity contribution in [2.75, 3.05) is 33.4 Å². The highest BCUT2D eigenvalue weighted by molar-refractivity contribution is 6.32. The van der Waals surface area contributed by atoms with Crippen LogP contribution in [0.3, 0.4) is 0 Å². The van der Waals surface area contributed by atoms with E-state index in [1.54, 1.807) is 6.07 Å². The monoisotopic (exact) mass is 353 g/mol. The largest absolute Gasteiger partial charge is 0.473 e. The average Bonchev–Trinajstić information content (AvgIpc) is 2.59. The SMILES string of the molecule is CN1CCC(NC(=O)c2cnc(OC3CCOCC3)c(Cl)c2)CC1. The highest BCUT2D eigenvalue weighted by Crippen LogP contribution is 2.25. The van der Waals surface area contributed by atoms with Gasteiger partial charge in [0.1, 0.15) is 11.1 Å². The van der Waals surface area contributed by atoms with E-state index in [1.807, 2.05) is 0 Å². The van der Waals surface area contributed by atoms with Crippen molar-refractivity contribution in [2.45, 2.75) is 37.8 Å². The van der Waals surface area contributed by atoms with E-state index in [1.165, 1.54) is 6.20 Å². The Hall–Kier alpha value is -1.37. The van der Waals surface area contributed by atoms with E-state index in [-0.39, 0.29) is 18.1 Å². The van der Waals surface area contributed by atoms with Gasteiger partial charge in [-0.3, -0.25) is 4.79 Å². The van der Waals surface area contributed by atoms with Crippen molar-refractivity contribution in [3.63, 3.8) is 0 Å². The van der Waals surface area contributed by atoms with Crippen LogP contribution in [0.4, 0.5) is 0 Å². The number of carbonyl (C=O) groups excluding carboxylic acids is 1. The molecule has 1 aromatic rings. The fourth-order valence-electron chi connectivity index (χ4n) is 3.01. The molecule has 0 aliphatic carbocycles. The van der Waals surface area contributed by atoms with Gasteiger partial charge in [-0.25, -0.2) is 4.98 Å². The Morgan fingerprint density at radius 2 is 2.04 bits per heavy atom. The molecule has 0 bridgehead atoms. The van der Waals surface area contributed by atoms with Gasteiger partial charge in [0.25, 0.3) is 5.91 Å². The van der Waals surface area contributed by atoms with E-state index in [4.69, 9.17) is 21.1 Å². The molecule has 3 heterocycles. The number of ether oxygens (including phenoxy) is 2. The van der Waals surface area contributed by atoms with Gasteiger partial charge in [0, 0.05) is 25.1 Å². The Labute approximate surface area is 147 Å². The second-order valence-corrected chi connectivity index (χ2v) is 6.90. The molecule has 0 spiro atoms. The maximum atomic E-state index is 12.4. The molecule has 0 atom stereocenters. The molecule has 2 saturated heterocycles. The molecule has 2 aliphatic heterocycles. The summed E-state index contributed by atoms with van der Waals surface area (Å²) in [5.41, 5.74) is 0.471. The lowest BCUT2D eigenvalue weighted by molar-refractivity contribution is 0.0238. The molecule has 132 valence electrons. The summed E-state index contributed by atoms with van der Waals surface area (Å²) < 4.78 is 11.1. The number of likely N-dealkylation sites (tertiary alicyclic amines) is 1. The lowest BCUT2D eigenvalue weighted by atomic mass is 10.1. The third-order valence-electron chi connectivity index (χ3n) is 4.57. The Morgan fingerprint density at radius 1 is 1.33 bits per heavy atom. The zero-order valence-corrected chi connectivity index (χ0v) is 14.7. The first-order valence-corrected chi connectivity index (χ1v) is 8.89. The zero-order chi connectivity index (χ0) is 16.9. The Morgan fingerprint density at radius 3 is 2.71 bits per heavy atom. The number of hydrogen-bond acceptors (Lipinski definition) is 5. The van der Waals surface area contributed by atoms with E-state index >= 15 is 0 Å². The minimum Gasteiger partial charge on any atom is -0.473 e. The van der Waals surface area contributed by atoms with E-state index in [0.29, 0.717) is 29.7 Å². The van der Waals surface area contributed by atoms with Crippen LogP contribution in [0.2, 0.25) is 5.02 Å². The highest BCUT2D eigenvalue weighted by atomic mass is 35.5. The first kappa shape index (κ1) is 17.5. The predicted octanol–water partition coefficient (Wildman–Crippen LogP) is 2.12. The number of hydrogen-bond donors (Lipinski definition) is 1. The summed E-state index contributed by atoms with van der Waals surface area (Å²) in [6.07, 6.45) is 5.20. The molecular formula is C17H24ClN3O3. The lowest BCUT2D eigenvalue weighted by Gasteiger charge is -2.29. The maximum absolute atomic E-state index is 12.4. The number of piperidine rings is 1. The number of amides is 1. The van der Waals surface area contributed by atoms with Crippen molar-refractivity contribution in [1.82, 2.24) is 15.2 Å². The number of halogens is 1. The molecule has 7 heteroatoms. The molecule has 0 radical (unpaired) electrons. The Kier molecular flexibility index (Phi) is 5.92. The molecule has 1 aromatic heterocycles. The minimum absolute atomic E-state index is 0.0719. The minimum atomic E-state index is -0.128. The van der Waals surface area contributed by atoms with Gasteiger partial charge in [-0.15, -0.1) is 0 Å². The summed E-state index contributed by atoms with van der Waals surface area (Å²) in [7, 11) is 2.10. The maximum Gasteiger partial charge on any atom is 0.253 e. The van der Waals surface area contributed by atoms with Gasteiger partial charge in [-0.05, 0) is 39.0 Å². The summed E-state index contributed by atoms with van der Waals surface area (Å²) in [5, 5.41) is 3.43. The number of nitrogens with zero attached hydrogens (tertiary/aromatic N) is 2. The second-order valence-electron chi connectivity index (χ2n) is 6.49. The van der Waals surface area contributed by atoms with Gasteiger partial charge in [0.2, 0.25) is 5.88 Å². The number of pyridine rings is 1. The van der Waals surface area contributed by atoms with Crippen molar-refractivity contribution < 1.29 is 14.3 Å². The van der Waals surface area contributed by atoms with Crippen molar-refractivity contribution in [2.24, 2.45) is 0 Å². The predicted molar refractivity (Wildman–Crippen MR) is 91.7 cm³/mol. The van der Waals surface area contributed by atoms with Gasteiger partial charge < -0.3 is 19.7 Å². The lowest BCUT2D eigenvalue weighted by Crippen LogP contribution is -2.43. The summed E-state index contributed by atoms with van der Waals surface area (Å²) in [6, 6.07) is 1.85. The van der Waals surface area contributed by atoms with E-state index in [2.05, 4.69) is 22.2 Å². The van der Waals surface area contributed by atoms with Gasteiger partial charge >= 0.3 is 0 Å². The molecule has 0 saturated carbocycles. The Bertz CT molecular complexity index is 570. The first-order chi connectivity index (χ1) is 11.6. The van der Waals surface area contributed by atoms with Crippen LogP contribution in [-0.4, -0.2) is 61.3 Å². The summed E-state index contributed by atoms with van der Waals surface area (Å²) >= 11 is 6.25. The van der Waals surface area contributed by atoms with Crippen LogP contribution >= 0.6 is 11.6 Å². The molecule has 1 amide bonds. The van der Waals surface area contributed by atoms with Crippen LogP contribution in [0, 0.1) is 0 Å². The molecule has 3 rings (SSSR count). The normalized spacial score (nSPS) is 20.8. The van der Waals surface area contributed by atoms with Gasteiger partial charge in [-0.2, -0.15) is 0 Å². The third-order valence-corrected chi connectivity index (χ3v) is 4.84. The Balaban J connectivity index is 1.58. The van der Waals surface area contributed by atoms with Gasteiger partial charge in [0.15, 0.2) is 0 Å². The summed E-state index contributed by atoms with van der Waals surface area (Å²) in [5.74, 6) is 0.260. The number of nitrogens with one attached hydrogen (secondary N) is 1. The summed E-state index contributed by atoms with van der Waals surface area (Å²) in [6.45, 7) is 3.39. The first-order valence-electron chi connectivity index (χ1n) is 8.51. The van der Waals surface area contributed by atoms with Crippen molar-refractivity contribution in [3.05, 3.63) is 22.8 Å². The molecule has 0 aromatic carbocycles. The standard InChI is InChI=1S/C17H24ClN3O3/c1-21-6-2-13(3-7-21)20-16(22)12-10-15(18)17(19-11-12)24-14-4-8-23-9-5-14/h10-11,13-14H,2-9H2,1H3,(H,20,22). The van der Waals surface area contributed by atoms with Crippen LogP contribution in [-0.2, 0) is 4.74 Å². The number of rotatable bonds is 4. The van der Waals surface area contributed by atoms with E-state index in [0.717, 1.165) is 38.8 Å². The molecule has 1 N–H and O–H groups in total. The quantitative estimate of drug-likeness (QED) is 0.898. The molecule has 0 unspecified atom stereocenters. The number of carbonyl (C=O) groups is 1. The smallest absolute Gasteiger partial charge is 0.253 e. The van der Waals surface area contributed by atoms with Crippen LogP contribution in [0.1, 0.15) is 36.0 Å². The van der Waals surface area contributed by atoms with Crippen molar-refractivity contribution in [3.8, 4) is 5.88 Å². The fraction of sp³-hybridized carbons (Fsp3) is 0.647. The number of aromatic nitrogens is 1. The van der Waals surface area contributed by atoms with Crippen LogP contribution in [0.5, 0.6) is 5.88 Å². The van der Waals surface area contributed by atoms with E-state index in [9.17, 15) is 4.79 Å². The molecule has 6 nitrogen and oxygen atoms in total.